The number of halogens is 1. The van der Waals surface area contributed by atoms with Crippen LogP contribution in [0.4, 0.5) is 4.39 Å². The molecule has 1 N–H and O–H groups in total. The number of nitrogens with zero attached hydrogens (tertiary/aromatic N) is 4. The number of ether oxygens (including phenoxy) is 2. The highest BCUT2D eigenvalue weighted by Crippen LogP contribution is 2.44. The molecule has 0 aliphatic carbocycles. The number of carboxylic acids is 1. The number of piperidine rings is 1. The average Bonchev–Trinajstić information content (AvgIpc) is 3.23. The van der Waals surface area contributed by atoms with Crippen LogP contribution in [0.15, 0.2) is 54.6 Å². The number of aryl methyl sites for hydroxylation is 1. The number of carbonyl (C=O) groups is 1. The quantitative estimate of drug-likeness (QED) is 0.423. The third-order valence-electron chi connectivity index (χ3n) is 7.32. The summed E-state index contributed by atoms with van der Waals surface area (Å²) in [4.78, 5) is 22.6. The van der Waals surface area contributed by atoms with E-state index in [9.17, 15) is 14.3 Å². The Hall–Kier alpha value is -3.98. The van der Waals surface area contributed by atoms with Crippen LogP contribution in [0.5, 0.6) is 11.5 Å². The van der Waals surface area contributed by atoms with Crippen molar-refractivity contribution in [2.45, 2.75) is 31.4 Å². The normalized spacial score (nSPS) is 18.3. The van der Waals surface area contributed by atoms with Gasteiger partial charge in [0, 0.05) is 12.6 Å². The molecule has 0 amide bonds. The summed E-state index contributed by atoms with van der Waals surface area (Å²) in [5.74, 6) is 1.45. The summed E-state index contributed by atoms with van der Waals surface area (Å²) < 4.78 is 27.6. The first-order valence-electron chi connectivity index (χ1n) is 12.4. The molecule has 6 rings (SSSR count). The van der Waals surface area contributed by atoms with Crippen LogP contribution in [0.1, 0.15) is 52.3 Å². The van der Waals surface area contributed by atoms with Gasteiger partial charge in [-0.3, -0.25) is 4.90 Å². The first-order chi connectivity index (χ1) is 18.0. The molecule has 2 aliphatic rings. The number of hydrogen-bond acceptors (Lipinski definition) is 6. The molecule has 1 unspecified atom stereocenters. The predicted molar refractivity (Wildman–Crippen MR) is 134 cm³/mol. The molecule has 8 nitrogen and oxygen atoms in total. The highest BCUT2D eigenvalue weighted by atomic mass is 19.1. The van der Waals surface area contributed by atoms with Crippen molar-refractivity contribution in [3.05, 3.63) is 83.1 Å². The minimum atomic E-state index is -1.05. The molecule has 4 aromatic rings. The Morgan fingerprint density at radius 2 is 1.86 bits per heavy atom. The Morgan fingerprint density at radius 3 is 2.62 bits per heavy atom. The van der Waals surface area contributed by atoms with Gasteiger partial charge >= 0.3 is 5.97 Å². The SMILES string of the molecule is Cn1c(CN2CCC(c3cccc4c3OCC(c3ccc(F)cc3)O4)CC2)nc2ccc(C(=O)O)nc21. The Morgan fingerprint density at radius 1 is 1.08 bits per heavy atom. The molecule has 0 saturated carbocycles. The van der Waals surface area contributed by atoms with Crippen molar-refractivity contribution in [2.75, 3.05) is 19.7 Å². The number of rotatable bonds is 5. The Kier molecular flexibility index (Phi) is 6.00. The molecule has 4 heterocycles. The zero-order valence-electron chi connectivity index (χ0n) is 20.4. The monoisotopic (exact) mass is 502 g/mol. The van der Waals surface area contributed by atoms with Gasteiger partial charge in [-0.05, 0) is 67.7 Å². The number of aromatic nitrogens is 3. The molecule has 2 aromatic heterocycles. The summed E-state index contributed by atoms with van der Waals surface area (Å²) in [6.07, 6.45) is 1.69. The van der Waals surface area contributed by atoms with Crippen LogP contribution in [-0.4, -0.2) is 50.2 Å². The molecule has 190 valence electrons. The fourth-order valence-electron chi connectivity index (χ4n) is 5.26. The molecule has 1 atom stereocenters. The maximum Gasteiger partial charge on any atom is 0.354 e. The number of likely N-dealkylation sites (tertiary alicyclic amines) is 1. The fraction of sp³-hybridized carbons (Fsp3) is 0.321. The van der Waals surface area contributed by atoms with E-state index in [1.165, 1.54) is 23.8 Å². The number of benzene rings is 2. The van der Waals surface area contributed by atoms with Crippen LogP contribution in [-0.2, 0) is 13.6 Å². The second kappa shape index (κ2) is 9.48. The van der Waals surface area contributed by atoms with Gasteiger partial charge in [0.25, 0.3) is 0 Å². The maximum atomic E-state index is 13.3. The number of aromatic carboxylic acids is 1. The molecular formula is C28H27FN4O4. The molecule has 9 heteroatoms. The van der Waals surface area contributed by atoms with Crippen molar-refractivity contribution in [2.24, 2.45) is 7.05 Å². The van der Waals surface area contributed by atoms with Crippen molar-refractivity contribution in [1.29, 1.82) is 0 Å². The molecular weight excluding hydrogens is 475 g/mol. The van der Waals surface area contributed by atoms with E-state index in [0.717, 1.165) is 48.8 Å². The number of fused-ring (bicyclic) bond motifs is 2. The van der Waals surface area contributed by atoms with E-state index in [1.54, 1.807) is 18.2 Å². The average molecular weight is 503 g/mol. The lowest BCUT2D eigenvalue weighted by Gasteiger charge is -2.34. The first-order valence-corrected chi connectivity index (χ1v) is 12.4. The van der Waals surface area contributed by atoms with Gasteiger partial charge in [-0.15, -0.1) is 0 Å². The molecule has 0 radical (unpaired) electrons. The lowest BCUT2D eigenvalue weighted by molar-refractivity contribution is 0.0691. The number of hydrogen-bond donors (Lipinski definition) is 1. The van der Waals surface area contributed by atoms with Crippen molar-refractivity contribution in [1.82, 2.24) is 19.4 Å². The molecule has 1 fully saturated rings. The van der Waals surface area contributed by atoms with Gasteiger partial charge in [-0.2, -0.15) is 0 Å². The van der Waals surface area contributed by atoms with E-state index < -0.39 is 5.97 Å². The van der Waals surface area contributed by atoms with Crippen LogP contribution in [0, 0.1) is 5.82 Å². The summed E-state index contributed by atoms with van der Waals surface area (Å²) in [7, 11) is 1.88. The van der Waals surface area contributed by atoms with Gasteiger partial charge in [-0.1, -0.05) is 24.3 Å². The number of pyridine rings is 1. The van der Waals surface area contributed by atoms with Crippen molar-refractivity contribution >= 4 is 17.1 Å². The summed E-state index contributed by atoms with van der Waals surface area (Å²) in [6, 6.07) is 15.6. The lowest BCUT2D eigenvalue weighted by Crippen LogP contribution is -2.33. The van der Waals surface area contributed by atoms with E-state index in [4.69, 9.17) is 9.47 Å². The van der Waals surface area contributed by atoms with Crippen molar-refractivity contribution in [3.8, 4) is 11.5 Å². The molecule has 1 saturated heterocycles. The van der Waals surface area contributed by atoms with Gasteiger partial charge in [0.15, 0.2) is 28.9 Å². The minimum absolute atomic E-state index is 0.0178. The fourth-order valence-corrected chi connectivity index (χ4v) is 5.26. The van der Waals surface area contributed by atoms with Gasteiger partial charge in [0.05, 0.1) is 6.54 Å². The van der Waals surface area contributed by atoms with Gasteiger partial charge in [-0.25, -0.2) is 19.2 Å². The summed E-state index contributed by atoms with van der Waals surface area (Å²) >= 11 is 0. The largest absolute Gasteiger partial charge is 0.485 e. The first kappa shape index (κ1) is 23.4. The molecule has 0 bridgehead atoms. The number of carboxylic acid groups (broad SMARTS) is 1. The standard InChI is InChI=1S/C28H27FN4O4/c1-32-25(30-21-9-10-22(28(34)35)31-27(21)32)15-33-13-11-17(12-14-33)20-3-2-4-23-26(20)36-16-24(37-23)18-5-7-19(29)8-6-18/h2-10,17,24H,11-16H2,1H3,(H,34,35). The Labute approximate surface area is 213 Å². The van der Waals surface area contributed by atoms with Gasteiger partial charge in [0.2, 0.25) is 0 Å². The highest BCUT2D eigenvalue weighted by molar-refractivity contribution is 5.88. The third kappa shape index (κ3) is 4.51. The zero-order valence-corrected chi connectivity index (χ0v) is 20.4. The summed E-state index contributed by atoms with van der Waals surface area (Å²) in [5, 5.41) is 9.24. The summed E-state index contributed by atoms with van der Waals surface area (Å²) in [6.45, 7) is 2.88. The van der Waals surface area contributed by atoms with E-state index in [-0.39, 0.29) is 17.6 Å². The second-order valence-corrected chi connectivity index (χ2v) is 9.63. The predicted octanol–water partition coefficient (Wildman–Crippen LogP) is 4.70. The maximum absolute atomic E-state index is 13.3. The summed E-state index contributed by atoms with van der Waals surface area (Å²) in [5.41, 5.74) is 3.36. The van der Waals surface area contributed by atoms with Gasteiger partial charge in [0.1, 0.15) is 23.8 Å². The third-order valence-corrected chi connectivity index (χ3v) is 7.32. The van der Waals surface area contributed by atoms with Crippen molar-refractivity contribution < 1.29 is 23.8 Å². The molecule has 0 spiro atoms. The molecule has 2 aromatic carbocycles. The van der Waals surface area contributed by atoms with Crippen LogP contribution in [0.3, 0.4) is 0 Å². The minimum Gasteiger partial charge on any atom is -0.485 e. The highest BCUT2D eigenvalue weighted by Gasteiger charge is 2.30. The zero-order chi connectivity index (χ0) is 25.5. The van der Waals surface area contributed by atoms with E-state index in [1.807, 2.05) is 23.7 Å². The molecule has 37 heavy (non-hydrogen) atoms. The van der Waals surface area contributed by atoms with E-state index >= 15 is 0 Å². The van der Waals surface area contributed by atoms with Crippen molar-refractivity contribution in [3.63, 3.8) is 0 Å². The Balaban J connectivity index is 1.13. The van der Waals surface area contributed by atoms with E-state index in [2.05, 4.69) is 20.9 Å². The van der Waals surface area contributed by atoms with Crippen LogP contribution >= 0.6 is 0 Å². The number of imidazole rings is 1. The topological polar surface area (TPSA) is 89.7 Å². The van der Waals surface area contributed by atoms with Gasteiger partial charge < -0.3 is 19.1 Å². The lowest BCUT2D eigenvalue weighted by atomic mass is 9.88. The smallest absolute Gasteiger partial charge is 0.354 e. The second-order valence-electron chi connectivity index (χ2n) is 9.63. The molecule has 2 aliphatic heterocycles. The van der Waals surface area contributed by atoms with Crippen LogP contribution in [0.25, 0.3) is 11.2 Å². The van der Waals surface area contributed by atoms with Crippen LogP contribution < -0.4 is 9.47 Å². The van der Waals surface area contributed by atoms with E-state index in [0.29, 0.717) is 30.2 Å². The number of para-hydroxylation sites is 1. The van der Waals surface area contributed by atoms with Crippen LogP contribution in [0.2, 0.25) is 0 Å². The Bertz CT molecular complexity index is 1460.